The van der Waals surface area contributed by atoms with Gasteiger partial charge >= 0.3 is 0 Å². The van der Waals surface area contributed by atoms with Gasteiger partial charge in [-0.15, -0.1) is 0 Å². The van der Waals surface area contributed by atoms with Crippen LogP contribution in [-0.4, -0.2) is 43.8 Å². The SMILES string of the molecule is COC(CC1(C)OCC(C)(C)CO1)C1=C2CC[C@]3(C)C(=O)CC[C@H]3[C@@H]2CCC1=O. The van der Waals surface area contributed by atoms with Gasteiger partial charge in [-0.05, 0) is 44.4 Å². The van der Waals surface area contributed by atoms with Gasteiger partial charge in [0.1, 0.15) is 5.78 Å². The molecule has 1 aliphatic heterocycles. The van der Waals surface area contributed by atoms with Gasteiger partial charge in [0.05, 0.1) is 19.3 Å². The van der Waals surface area contributed by atoms with Crippen LogP contribution < -0.4 is 0 Å². The van der Waals surface area contributed by atoms with Gasteiger partial charge in [0.2, 0.25) is 0 Å². The Morgan fingerprint density at radius 2 is 1.72 bits per heavy atom. The maximum Gasteiger partial charge on any atom is 0.168 e. The molecule has 4 rings (SSSR count). The van der Waals surface area contributed by atoms with Crippen molar-refractivity contribution >= 4 is 11.6 Å². The van der Waals surface area contributed by atoms with E-state index < -0.39 is 5.79 Å². The zero-order valence-corrected chi connectivity index (χ0v) is 18.6. The van der Waals surface area contributed by atoms with Gasteiger partial charge in [0.15, 0.2) is 11.6 Å². The zero-order valence-electron chi connectivity index (χ0n) is 18.6. The van der Waals surface area contributed by atoms with Crippen LogP contribution in [0.4, 0.5) is 0 Å². The van der Waals surface area contributed by atoms with E-state index in [2.05, 4.69) is 20.8 Å². The highest BCUT2D eigenvalue weighted by Crippen LogP contribution is 2.57. The van der Waals surface area contributed by atoms with Crippen molar-refractivity contribution in [2.24, 2.45) is 22.7 Å². The normalized spacial score (nSPS) is 37.3. The van der Waals surface area contributed by atoms with Crippen LogP contribution in [0, 0.1) is 22.7 Å². The molecular formula is C24H36O5. The number of ketones is 2. The molecule has 29 heavy (non-hydrogen) atoms. The van der Waals surface area contributed by atoms with Crippen LogP contribution in [-0.2, 0) is 23.8 Å². The molecule has 0 amide bonds. The number of ether oxygens (including phenoxy) is 3. The largest absolute Gasteiger partial charge is 0.376 e. The number of methoxy groups -OCH3 is 1. The van der Waals surface area contributed by atoms with Gasteiger partial charge in [-0.3, -0.25) is 9.59 Å². The van der Waals surface area contributed by atoms with E-state index >= 15 is 0 Å². The van der Waals surface area contributed by atoms with Crippen molar-refractivity contribution in [3.8, 4) is 0 Å². The Kier molecular flexibility index (Phi) is 5.32. The first-order chi connectivity index (χ1) is 13.6. The molecule has 0 radical (unpaired) electrons. The second-order valence-corrected chi connectivity index (χ2v) is 10.8. The molecule has 3 fully saturated rings. The van der Waals surface area contributed by atoms with Crippen LogP contribution in [0.5, 0.6) is 0 Å². The highest BCUT2D eigenvalue weighted by molar-refractivity contribution is 5.98. The number of carbonyl (C=O) groups is 2. The number of Topliss-reactive ketones (excluding diaryl/α,β-unsaturated/α-hetero) is 2. The second-order valence-electron chi connectivity index (χ2n) is 10.8. The highest BCUT2D eigenvalue weighted by atomic mass is 16.7. The summed E-state index contributed by atoms with van der Waals surface area (Å²) in [6.45, 7) is 9.62. The average molecular weight is 405 g/mol. The first-order valence-electron chi connectivity index (χ1n) is 11.2. The minimum Gasteiger partial charge on any atom is -0.376 e. The van der Waals surface area contributed by atoms with Crippen LogP contribution in [0.3, 0.4) is 0 Å². The Bertz CT molecular complexity index is 726. The van der Waals surface area contributed by atoms with Gasteiger partial charge in [0.25, 0.3) is 0 Å². The Balaban J connectivity index is 1.61. The molecule has 4 atom stereocenters. The molecular weight excluding hydrogens is 368 g/mol. The number of hydrogen-bond acceptors (Lipinski definition) is 5. The fourth-order valence-electron chi connectivity index (χ4n) is 6.12. The first kappa shape index (κ1) is 21.2. The zero-order chi connectivity index (χ0) is 21.0. The van der Waals surface area contributed by atoms with Crippen LogP contribution in [0.25, 0.3) is 0 Å². The van der Waals surface area contributed by atoms with Gasteiger partial charge in [-0.25, -0.2) is 0 Å². The predicted octanol–water partition coefficient (Wildman–Crippen LogP) is 4.24. The number of carbonyl (C=O) groups excluding carboxylic acids is 2. The maximum absolute atomic E-state index is 13.0. The van der Waals surface area contributed by atoms with Gasteiger partial charge in [-0.2, -0.15) is 0 Å². The minimum absolute atomic E-state index is 0.00143. The summed E-state index contributed by atoms with van der Waals surface area (Å²) in [5.41, 5.74) is 1.90. The van der Waals surface area contributed by atoms with E-state index in [1.54, 1.807) is 7.11 Å². The molecule has 4 aliphatic rings. The Hall–Kier alpha value is -1.04. The molecule has 5 nitrogen and oxygen atoms in total. The lowest BCUT2D eigenvalue weighted by Crippen LogP contribution is -2.48. The van der Waals surface area contributed by atoms with E-state index in [1.807, 2.05) is 6.92 Å². The number of hydrogen-bond donors (Lipinski definition) is 0. The van der Waals surface area contributed by atoms with Gasteiger partial charge in [0, 0.05) is 42.8 Å². The molecule has 5 heteroatoms. The van der Waals surface area contributed by atoms with Crippen molar-refractivity contribution in [2.45, 2.75) is 84.5 Å². The molecule has 1 unspecified atom stereocenters. The van der Waals surface area contributed by atoms with Crippen molar-refractivity contribution < 1.29 is 23.8 Å². The molecule has 0 aromatic heterocycles. The molecule has 162 valence electrons. The van der Waals surface area contributed by atoms with Gasteiger partial charge < -0.3 is 14.2 Å². The summed E-state index contributed by atoms with van der Waals surface area (Å²) >= 11 is 0. The van der Waals surface area contributed by atoms with Crippen LogP contribution in [0.15, 0.2) is 11.1 Å². The number of rotatable bonds is 4. The quantitative estimate of drug-likeness (QED) is 0.701. The molecule has 0 aromatic rings. The second kappa shape index (κ2) is 7.28. The average Bonchev–Trinajstić information content (AvgIpc) is 2.98. The fraction of sp³-hybridized carbons (Fsp3) is 0.833. The van der Waals surface area contributed by atoms with E-state index in [0.717, 1.165) is 31.3 Å². The smallest absolute Gasteiger partial charge is 0.168 e. The third-order valence-corrected chi connectivity index (χ3v) is 8.01. The molecule has 3 aliphatic carbocycles. The van der Waals surface area contributed by atoms with Crippen LogP contribution in [0.2, 0.25) is 0 Å². The summed E-state index contributed by atoms with van der Waals surface area (Å²) in [7, 11) is 1.68. The Morgan fingerprint density at radius 3 is 2.38 bits per heavy atom. The fourth-order valence-corrected chi connectivity index (χ4v) is 6.12. The summed E-state index contributed by atoms with van der Waals surface area (Å²) in [6.07, 6.45) is 4.95. The maximum atomic E-state index is 13.0. The molecule has 2 saturated carbocycles. The van der Waals surface area contributed by atoms with Crippen molar-refractivity contribution in [3.05, 3.63) is 11.1 Å². The minimum atomic E-state index is -0.747. The predicted molar refractivity (Wildman–Crippen MR) is 109 cm³/mol. The third-order valence-electron chi connectivity index (χ3n) is 8.01. The molecule has 1 saturated heterocycles. The third kappa shape index (κ3) is 3.64. The lowest BCUT2D eigenvalue weighted by atomic mass is 9.58. The number of fused-ring (bicyclic) bond motifs is 3. The standard InChI is InChI=1S/C24H36O5/c1-22(2)13-28-24(4,29-14-22)12-19(27-5)21-16-10-11-23(3)17(7-9-20(23)26)15(16)6-8-18(21)25/h15,17,19H,6-14H2,1-5H3/t15-,17+,19?,23+/m1/s1. The summed E-state index contributed by atoms with van der Waals surface area (Å²) < 4.78 is 18.1. The summed E-state index contributed by atoms with van der Waals surface area (Å²) in [5, 5.41) is 0. The van der Waals surface area contributed by atoms with Crippen molar-refractivity contribution in [2.75, 3.05) is 20.3 Å². The monoisotopic (exact) mass is 404 g/mol. The summed E-state index contributed by atoms with van der Waals surface area (Å²) in [6, 6.07) is 0. The van der Waals surface area contributed by atoms with Crippen molar-refractivity contribution in [1.29, 1.82) is 0 Å². The van der Waals surface area contributed by atoms with Gasteiger partial charge in [-0.1, -0.05) is 26.3 Å². The molecule has 0 N–H and O–H groups in total. The van der Waals surface area contributed by atoms with Crippen LogP contribution in [0.1, 0.15) is 72.6 Å². The molecule has 1 heterocycles. The van der Waals surface area contributed by atoms with E-state index in [4.69, 9.17) is 14.2 Å². The highest BCUT2D eigenvalue weighted by Gasteiger charge is 2.54. The van der Waals surface area contributed by atoms with E-state index in [1.165, 1.54) is 5.57 Å². The van der Waals surface area contributed by atoms with E-state index in [-0.39, 0.29) is 22.7 Å². The summed E-state index contributed by atoms with van der Waals surface area (Å²) in [5.74, 6) is 0.588. The Morgan fingerprint density at radius 1 is 1.03 bits per heavy atom. The topological polar surface area (TPSA) is 61.8 Å². The molecule has 0 aromatic carbocycles. The summed E-state index contributed by atoms with van der Waals surface area (Å²) in [4.78, 5) is 25.6. The van der Waals surface area contributed by atoms with Crippen molar-refractivity contribution in [1.82, 2.24) is 0 Å². The van der Waals surface area contributed by atoms with E-state index in [0.29, 0.717) is 50.1 Å². The van der Waals surface area contributed by atoms with E-state index in [9.17, 15) is 9.59 Å². The lowest BCUT2D eigenvalue weighted by molar-refractivity contribution is -0.297. The van der Waals surface area contributed by atoms with Crippen molar-refractivity contribution in [3.63, 3.8) is 0 Å². The number of allylic oxidation sites excluding steroid dienone is 1. The first-order valence-corrected chi connectivity index (χ1v) is 11.2. The molecule has 0 spiro atoms. The Labute approximate surface area is 174 Å². The molecule has 0 bridgehead atoms. The lowest BCUT2D eigenvalue weighted by Gasteiger charge is -2.46. The van der Waals surface area contributed by atoms with Crippen LogP contribution >= 0.6 is 0 Å².